The van der Waals surface area contributed by atoms with Crippen LogP contribution in [-0.4, -0.2) is 28.8 Å². The molecule has 0 bridgehead atoms. The van der Waals surface area contributed by atoms with Crippen molar-refractivity contribution in [2.75, 3.05) is 13.1 Å². The second-order valence-corrected chi connectivity index (χ2v) is 6.17. The Morgan fingerprint density at radius 3 is 2.74 bits per heavy atom. The van der Waals surface area contributed by atoms with Crippen molar-refractivity contribution in [1.82, 2.24) is 20.4 Å². The third kappa shape index (κ3) is 6.26. The van der Waals surface area contributed by atoms with E-state index in [9.17, 15) is 4.79 Å². The number of nitrogens with one attached hydrogen (secondary N) is 2. The first-order valence-electron chi connectivity index (χ1n) is 9.23. The number of hydrogen-bond acceptors (Lipinski definition) is 4. The summed E-state index contributed by atoms with van der Waals surface area (Å²) in [6, 6.07) is 11.7. The lowest BCUT2D eigenvalue weighted by Crippen LogP contribution is -2.34. The minimum absolute atomic E-state index is 0.0413. The molecule has 2 rings (SSSR count). The second-order valence-electron chi connectivity index (χ2n) is 6.17. The minimum Gasteiger partial charge on any atom is -0.356 e. The molecule has 142 valence electrons. The monoisotopic (exact) mass is 366 g/mol. The number of nitrogens with zero attached hydrogens (tertiary/aromatic N) is 4. The fraction of sp³-hybridized carbons (Fsp3) is 0.400. The van der Waals surface area contributed by atoms with Gasteiger partial charge in [0.1, 0.15) is 0 Å². The van der Waals surface area contributed by atoms with E-state index in [1.807, 2.05) is 56.4 Å². The maximum absolute atomic E-state index is 12.3. The molecule has 1 heterocycles. The molecule has 7 nitrogen and oxygen atoms in total. The largest absolute Gasteiger partial charge is 0.356 e. The molecule has 7 heteroatoms. The summed E-state index contributed by atoms with van der Waals surface area (Å²) in [5.74, 6) is 0.504. The van der Waals surface area contributed by atoms with Crippen LogP contribution in [0.1, 0.15) is 31.7 Å². The third-order valence-electron chi connectivity index (χ3n) is 4.04. The van der Waals surface area contributed by atoms with Crippen molar-refractivity contribution in [2.45, 2.75) is 39.7 Å². The third-order valence-corrected chi connectivity index (χ3v) is 4.04. The van der Waals surface area contributed by atoms with Crippen molar-refractivity contribution < 1.29 is 0 Å². The predicted octanol–water partition coefficient (Wildman–Crippen LogP) is 2.43. The zero-order chi connectivity index (χ0) is 19.5. The van der Waals surface area contributed by atoms with Crippen LogP contribution in [-0.2, 0) is 6.54 Å². The first-order valence-corrected chi connectivity index (χ1v) is 9.23. The highest BCUT2D eigenvalue weighted by Gasteiger charge is 2.07. The molecule has 0 amide bonds. The average Bonchev–Trinajstić information content (AvgIpc) is 2.68. The van der Waals surface area contributed by atoms with Gasteiger partial charge in [0.2, 0.25) is 5.96 Å². The molecule has 0 aliphatic carbocycles. The molecule has 27 heavy (non-hydrogen) atoms. The summed E-state index contributed by atoms with van der Waals surface area (Å²) in [4.78, 5) is 16.7. The molecule has 0 atom stereocenters. The Kier molecular flexibility index (Phi) is 8.04. The van der Waals surface area contributed by atoms with Gasteiger partial charge >= 0.3 is 0 Å². The van der Waals surface area contributed by atoms with Gasteiger partial charge in [0.25, 0.3) is 5.56 Å². The van der Waals surface area contributed by atoms with Crippen LogP contribution in [0, 0.1) is 18.4 Å². The number of benzene rings is 1. The molecule has 0 aliphatic heterocycles. The highest BCUT2D eigenvalue weighted by Crippen LogP contribution is 2.15. The summed E-state index contributed by atoms with van der Waals surface area (Å²) in [7, 11) is 0. The van der Waals surface area contributed by atoms with E-state index in [1.165, 1.54) is 0 Å². The summed E-state index contributed by atoms with van der Waals surface area (Å²) < 4.78 is 1.56. The van der Waals surface area contributed by atoms with E-state index >= 15 is 0 Å². The molecule has 2 aromatic rings. The highest BCUT2D eigenvalue weighted by atomic mass is 16.1. The number of aliphatic imine (C=N–C) groups is 1. The molecule has 0 spiro atoms. The SMILES string of the molecule is CCNC(=NCCCCCn1nc(-c2ccccc2)cc(C)c1=O)NC#N. The van der Waals surface area contributed by atoms with Crippen LogP contribution in [0.4, 0.5) is 0 Å². The number of nitriles is 1. The number of aryl methyl sites for hydroxylation is 2. The predicted molar refractivity (Wildman–Crippen MR) is 107 cm³/mol. The molecular formula is C20H26N6O. The lowest BCUT2D eigenvalue weighted by molar-refractivity contribution is 0.523. The van der Waals surface area contributed by atoms with E-state index in [-0.39, 0.29) is 5.56 Å². The van der Waals surface area contributed by atoms with Gasteiger partial charge in [-0.05, 0) is 39.2 Å². The van der Waals surface area contributed by atoms with Gasteiger partial charge in [-0.15, -0.1) is 0 Å². The number of unbranched alkanes of at least 4 members (excludes halogenated alkanes) is 2. The van der Waals surface area contributed by atoms with Gasteiger partial charge < -0.3 is 5.32 Å². The molecule has 0 radical (unpaired) electrons. The lowest BCUT2D eigenvalue weighted by atomic mass is 10.1. The average molecular weight is 366 g/mol. The molecular weight excluding hydrogens is 340 g/mol. The maximum atomic E-state index is 12.3. The van der Waals surface area contributed by atoms with Crippen molar-refractivity contribution in [3.05, 3.63) is 52.3 Å². The van der Waals surface area contributed by atoms with E-state index in [1.54, 1.807) is 4.68 Å². The van der Waals surface area contributed by atoms with E-state index in [4.69, 9.17) is 5.26 Å². The van der Waals surface area contributed by atoms with Gasteiger partial charge in [0.05, 0.1) is 5.69 Å². The van der Waals surface area contributed by atoms with Gasteiger partial charge in [0.15, 0.2) is 6.19 Å². The number of guanidine groups is 1. The first kappa shape index (κ1) is 20.2. The lowest BCUT2D eigenvalue weighted by Gasteiger charge is -2.09. The van der Waals surface area contributed by atoms with Crippen LogP contribution < -0.4 is 16.2 Å². The van der Waals surface area contributed by atoms with Gasteiger partial charge in [-0.25, -0.2) is 4.68 Å². The van der Waals surface area contributed by atoms with Crippen LogP contribution in [0.3, 0.4) is 0 Å². The van der Waals surface area contributed by atoms with E-state index in [2.05, 4.69) is 20.7 Å². The molecule has 0 unspecified atom stereocenters. The molecule has 1 aromatic carbocycles. The molecule has 2 N–H and O–H groups in total. The quantitative estimate of drug-likeness (QED) is 0.246. The zero-order valence-electron chi connectivity index (χ0n) is 15.9. The maximum Gasteiger partial charge on any atom is 0.269 e. The van der Waals surface area contributed by atoms with Crippen molar-refractivity contribution in [1.29, 1.82) is 5.26 Å². The zero-order valence-corrected chi connectivity index (χ0v) is 15.9. The summed E-state index contributed by atoms with van der Waals surface area (Å²) in [6.07, 6.45) is 4.53. The Labute approximate surface area is 159 Å². The van der Waals surface area contributed by atoms with Crippen LogP contribution in [0.2, 0.25) is 0 Å². The summed E-state index contributed by atoms with van der Waals surface area (Å²) in [5.41, 5.74) is 2.48. The molecule has 0 saturated heterocycles. The van der Waals surface area contributed by atoms with E-state index < -0.39 is 0 Å². The smallest absolute Gasteiger partial charge is 0.269 e. The Hall–Kier alpha value is -3.14. The van der Waals surface area contributed by atoms with Crippen LogP contribution in [0.15, 0.2) is 46.2 Å². The minimum atomic E-state index is -0.0413. The highest BCUT2D eigenvalue weighted by molar-refractivity contribution is 5.81. The first-order chi connectivity index (χ1) is 13.2. The van der Waals surface area contributed by atoms with Crippen molar-refractivity contribution >= 4 is 5.96 Å². The van der Waals surface area contributed by atoms with E-state index in [0.29, 0.717) is 31.2 Å². The van der Waals surface area contributed by atoms with Gasteiger partial charge in [-0.3, -0.25) is 15.1 Å². The molecule has 0 saturated carbocycles. The van der Waals surface area contributed by atoms with E-state index in [0.717, 1.165) is 30.5 Å². The number of hydrogen-bond donors (Lipinski definition) is 2. The molecule has 0 fully saturated rings. The van der Waals surface area contributed by atoms with Crippen LogP contribution >= 0.6 is 0 Å². The topological polar surface area (TPSA) is 95.1 Å². The summed E-state index contributed by atoms with van der Waals surface area (Å²) in [6.45, 7) is 5.69. The number of rotatable bonds is 8. The van der Waals surface area contributed by atoms with Crippen molar-refractivity contribution in [3.63, 3.8) is 0 Å². The Bertz CT molecular complexity index is 851. The Balaban J connectivity index is 1.91. The summed E-state index contributed by atoms with van der Waals surface area (Å²) >= 11 is 0. The second kappa shape index (κ2) is 10.8. The molecule has 1 aromatic heterocycles. The Morgan fingerprint density at radius 2 is 2.04 bits per heavy atom. The Morgan fingerprint density at radius 1 is 1.26 bits per heavy atom. The normalized spacial score (nSPS) is 11.1. The van der Waals surface area contributed by atoms with Gasteiger partial charge in [-0.1, -0.05) is 30.3 Å². The van der Waals surface area contributed by atoms with Crippen molar-refractivity contribution in [3.8, 4) is 17.5 Å². The summed E-state index contributed by atoms with van der Waals surface area (Å²) in [5, 5.41) is 18.7. The van der Waals surface area contributed by atoms with Crippen LogP contribution in [0.25, 0.3) is 11.3 Å². The van der Waals surface area contributed by atoms with Gasteiger partial charge in [-0.2, -0.15) is 10.4 Å². The molecule has 0 aliphatic rings. The van der Waals surface area contributed by atoms with Crippen molar-refractivity contribution in [2.24, 2.45) is 4.99 Å². The fourth-order valence-electron chi connectivity index (χ4n) is 2.68. The fourth-order valence-corrected chi connectivity index (χ4v) is 2.68. The van der Waals surface area contributed by atoms with Crippen LogP contribution in [0.5, 0.6) is 0 Å². The standard InChI is InChI=1S/C20H26N6O/c1-3-22-20(24-15-21)23-12-8-5-9-13-26-19(27)16(2)14-18(25-26)17-10-6-4-7-11-17/h4,6-7,10-11,14H,3,5,8-9,12-13H2,1-2H3,(H2,22,23,24). The van der Waals surface area contributed by atoms with Gasteiger partial charge in [0, 0.05) is 30.8 Å². The number of aromatic nitrogens is 2.